The number of rotatable bonds is 2. The summed E-state index contributed by atoms with van der Waals surface area (Å²) in [5.74, 6) is -1.27. The molecule has 1 aromatic carbocycles. The molecule has 0 aliphatic heterocycles. The normalized spacial score (nSPS) is 12.0. The van der Waals surface area contributed by atoms with Gasteiger partial charge in [0.25, 0.3) is 5.56 Å². The predicted molar refractivity (Wildman–Crippen MR) is 99.0 cm³/mol. The summed E-state index contributed by atoms with van der Waals surface area (Å²) in [5, 5.41) is 3.09. The number of halogens is 4. The minimum Gasteiger partial charge on any atom is -0.267 e. The molecule has 4 aromatic rings. The molecule has 3 aromatic heterocycles. The third-order valence-corrected chi connectivity index (χ3v) is 5.80. The van der Waals surface area contributed by atoms with Gasteiger partial charge in [-0.3, -0.25) is 4.79 Å². The van der Waals surface area contributed by atoms with Crippen molar-refractivity contribution in [3.8, 4) is 16.4 Å². The highest BCUT2D eigenvalue weighted by atomic mass is 79.9. The van der Waals surface area contributed by atoms with Crippen LogP contribution in [0.4, 0.5) is 13.2 Å². The molecule has 10 heteroatoms. The van der Waals surface area contributed by atoms with Gasteiger partial charge in [0, 0.05) is 15.4 Å². The van der Waals surface area contributed by atoms with Gasteiger partial charge in [0.15, 0.2) is 5.13 Å². The number of alkyl halides is 3. The Kier molecular flexibility index (Phi) is 4.20. The van der Waals surface area contributed by atoms with Gasteiger partial charge in [0.05, 0.1) is 11.2 Å². The Morgan fingerprint density at radius 3 is 2.46 bits per heavy atom. The van der Waals surface area contributed by atoms with Crippen molar-refractivity contribution < 1.29 is 13.2 Å². The third-order valence-electron chi connectivity index (χ3n) is 3.56. The van der Waals surface area contributed by atoms with E-state index in [0.717, 1.165) is 32.7 Å². The molecule has 0 saturated carbocycles. The van der Waals surface area contributed by atoms with Crippen molar-refractivity contribution in [2.45, 2.75) is 6.18 Å². The number of hydrogen-bond donors (Lipinski definition) is 0. The summed E-state index contributed by atoms with van der Waals surface area (Å²) >= 11 is 5.34. The van der Waals surface area contributed by atoms with Gasteiger partial charge in [-0.15, -0.1) is 22.7 Å². The first-order valence-corrected chi connectivity index (χ1v) is 9.69. The van der Waals surface area contributed by atoms with Crippen LogP contribution in [0.1, 0.15) is 5.82 Å². The zero-order valence-electron chi connectivity index (χ0n) is 12.6. The van der Waals surface area contributed by atoms with Crippen LogP contribution in [0.3, 0.4) is 0 Å². The van der Waals surface area contributed by atoms with Gasteiger partial charge >= 0.3 is 6.18 Å². The van der Waals surface area contributed by atoms with Crippen LogP contribution in [0.2, 0.25) is 0 Å². The molecule has 0 atom stereocenters. The number of fused-ring (bicyclic) bond motifs is 1. The molecule has 4 nitrogen and oxygen atoms in total. The van der Waals surface area contributed by atoms with Crippen LogP contribution < -0.4 is 5.56 Å². The third kappa shape index (κ3) is 2.97. The molecule has 4 rings (SSSR count). The second-order valence-corrected chi connectivity index (χ2v) is 7.90. The first kappa shape index (κ1) is 17.4. The van der Waals surface area contributed by atoms with E-state index in [1.54, 1.807) is 35.0 Å². The average molecular weight is 458 g/mol. The van der Waals surface area contributed by atoms with Crippen molar-refractivity contribution in [3.63, 3.8) is 0 Å². The summed E-state index contributed by atoms with van der Waals surface area (Å²) in [6.07, 6.45) is -4.78. The minimum absolute atomic E-state index is 0.0354. The van der Waals surface area contributed by atoms with Crippen molar-refractivity contribution in [2.75, 3.05) is 0 Å². The summed E-state index contributed by atoms with van der Waals surface area (Å²) in [5.41, 5.74) is 0.494. The van der Waals surface area contributed by atoms with Crippen LogP contribution >= 0.6 is 38.6 Å². The predicted octanol–water partition coefficient (Wildman–Crippen LogP) is 5.35. The van der Waals surface area contributed by atoms with Crippen molar-refractivity contribution in [1.82, 2.24) is 14.5 Å². The van der Waals surface area contributed by atoms with Crippen molar-refractivity contribution in [3.05, 3.63) is 61.7 Å². The van der Waals surface area contributed by atoms with Crippen molar-refractivity contribution in [1.29, 1.82) is 0 Å². The summed E-state index contributed by atoms with van der Waals surface area (Å²) in [6, 6.07) is 8.59. The van der Waals surface area contributed by atoms with E-state index in [2.05, 4.69) is 25.9 Å². The Bertz CT molecular complexity index is 1160. The summed E-state index contributed by atoms with van der Waals surface area (Å²) in [7, 11) is 0. The maximum atomic E-state index is 13.5. The maximum Gasteiger partial charge on any atom is 0.450 e. The number of nitrogens with zero attached hydrogens (tertiary/aromatic N) is 3. The van der Waals surface area contributed by atoms with Gasteiger partial charge in [-0.2, -0.15) is 13.2 Å². The summed E-state index contributed by atoms with van der Waals surface area (Å²) in [6.45, 7) is 0. The van der Waals surface area contributed by atoms with Gasteiger partial charge in [-0.25, -0.2) is 14.5 Å². The van der Waals surface area contributed by atoms with Gasteiger partial charge in [-0.05, 0) is 23.6 Å². The van der Waals surface area contributed by atoms with Gasteiger partial charge < -0.3 is 0 Å². The summed E-state index contributed by atoms with van der Waals surface area (Å²) < 4.78 is 42.0. The van der Waals surface area contributed by atoms with Crippen LogP contribution in [-0.4, -0.2) is 14.5 Å². The van der Waals surface area contributed by atoms with Gasteiger partial charge in [-0.1, -0.05) is 28.1 Å². The molecule has 0 unspecified atom stereocenters. The number of aromatic nitrogens is 3. The molecule has 0 spiro atoms. The number of thiophene rings is 1. The Labute approximate surface area is 160 Å². The van der Waals surface area contributed by atoms with E-state index < -0.39 is 17.6 Å². The lowest BCUT2D eigenvalue weighted by Gasteiger charge is -2.12. The van der Waals surface area contributed by atoms with Crippen molar-refractivity contribution >= 4 is 48.8 Å². The van der Waals surface area contributed by atoms with E-state index in [0.29, 0.717) is 10.3 Å². The molecule has 26 heavy (non-hydrogen) atoms. The fourth-order valence-corrected chi connectivity index (χ4v) is 4.26. The molecule has 3 heterocycles. The molecule has 0 fully saturated rings. The average Bonchev–Trinajstić information content (AvgIpc) is 3.23. The Hall–Kier alpha value is -2.04. The summed E-state index contributed by atoms with van der Waals surface area (Å²) in [4.78, 5) is 20.5. The molecule has 0 aliphatic rings. The molecule has 0 aliphatic carbocycles. The Balaban J connectivity index is 1.93. The molecule has 0 N–H and O–H groups in total. The van der Waals surface area contributed by atoms with Crippen LogP contribution in [0.15, 0.2) is 50.4 Å². The highest BCUT2D eigenvalue weighted by molar-refractivity contribution is 9.10. The quantitative estimate of drug-likeness (QED) is 0.407. The molecular weight excluding hydrogens is 451 g/mol. The zero-order chi connectivity index (χ0) is 18.5. The molecule has 0 radical (unpaired) electrons. The highest BCUT2D eigenvalue weighted by Gasteiger charge is 2.38. The Morgan fingerprint density at radius 2 is 1.77 bits per heavy atom. The lowest BCUT2D eigenvalue weighted by molar-refractivity contribution is -0.146. The number of thiazole rings is 1. The largest absolute Gasteiger partial charge is 0.450 e. The first-order chi connectivity index (χ1) is 12.3. The van der Waals surface area contributed by atoms with Crippen LogP contribution in [0.5, 0.6) is 0 Å². The monoisotopic (exact) mass is 457 g/mol. The van der Waals surface area contributed by atoms with E-state index in [-0.39, 0.29) is 15.3 Å². The van der Waals surface area contributed by atoms with Crippen LogP contribution in [0, 0.1) is 0 Å². The molecule has 132 valence electrons. The lowest BCUT2D eigenvalue weighted by atomic mass is 10.2. The molecular formula is C16H7BrF3N3OS2. The van der Waals surface area contributed by atoms with Crippen molar-refractivity contribution in [2.24, 2.45) is 0 Å². The number of hydrogen-bond acceptors (Lipinski definition) is 5. The van der Waals surface area contributed by atoms with E-state index in [1.165, 1.54) is 6.07 Å². The lowest BCUT2D eigenvalue weighted by Crippen LogP contribution is -2.28. The first-order valence-electron chi connectivity index (χ1n) is 7.14. The zero-order valence-corrected chi connectivity index (χ0v) is 15.8. The SMILES string of the molecule is O=c1c2sccc2nc(C(F)(F)F)n1-c1nc(-c2ccc(Br)cc2)cs1. The van der Waals surface area contributed by atoms with Gasteiger partial charge in [0.1, 0.15) is 4.70 Å². The van der Waals surface area contributed by atoms with E-state index in [9.17, 15) is 18.0 Å². The second-order valence-electron chi connectivity index (χ2n) is 5.23. The topological polar surface area (TPSA) is 47.8 Å². The van der Waals surface area contributed by atoms with E-state index in [1.807, 2.05) is 0 Å². The van der Waals surface area contributed by atoms with E-state index >= 15 is 0 Å². The number of benzene rings is 1. The van der Waals surface area contributed by atoms with Crippen LogP contribution in [0.25, 0.3) is 26.6 Å². The Morgan fingerprint density at radius 1 is 1.04 bits per heavy atom. The van der Waals surface area contributed by atoms with Gasteiger partial charge in [0.2, 0.25) is 5.82 Å². The highest BCUT2D eigenvalue weighted by Crippen LogP contribution is 2.32. The fourth-order valence-electron chi connectivity index (χ4n) is 2.40. The fraction of sp³-hybridized carbons (Fsp3) is 0.0625. The standard InChI is InChI=1S/C16H7BrF3N3OS2/c17-9-3-1-8(2-4-9)11-7-26-15(22-11)23-13(24)12-10(5-6-25-12)21-14(23)16(18,19)20/h1-7H. The molecule has 0 saturated heterocycles. The molecule has 0 bridgehead atoms. The molecule has 0 amide bonds. The van der Waals surface area contributed by atoms with Crippen LogP contribution in [-0.2, 0) is 6.18 Å². The van der Waals surface area contributed by atoms with E-state index in [4.69, 9.17) is 0 Å². The minimum atomic E-state index is -4.78. The maximum absolute atomic E-state index is 13.5. The second kappa shape index (κ2) is 6.29. The smallest absolute Gasteiger partial charge is 0.267 e.